The number of carbonyl (C=O) groups is 1. The number of hydrogen-bond donors (Lipinski definition) is 2. The lowest BCUT2D eigenvalue weighted by molar-refractivity contribution is -0.116. The van der Waals surface area contributed by atoms with Gasteiger partial charge in [0, 0.05) is 11.1 Å². The molecule has 3 N–H and O–H groups in total. The Morgan fingerprint density at radius 1 is 1.67 bits per heavy atom. The summed E-state index contributed by atoms with van der Waals surface area (Å²) in [6, 6.07) is 0. The van der Waals surface area contributed by atoms with Crippen LogP contribution in [0.3, 0.4) is 0 Å². The molecular formula is C5H7ClN2O. The van der Waals surface area contributed by atoms with Crippen molar-refractivity contribution in [1.29, 1.82) is 0 Å². The van der Waals surface area contributed by atoms with Crippen molar-refractivity contribution < 1.29 is 4.79 Å². The number of hydrazine groups is 1. The van der Waals surface area contributed by atoms with E-state index in [1.54, 1.807) is 0 Å². The number of halogens is 1. The molecule has 3 nitrogen and oxygen atoms in total. The molecule has 0 aromatic carbocycles. The first-order valence-electron chi connectivity index (χ1n) is 2.20. The lowest BCUT2D eigenvalue weighted by Gasteiger charge is -1.87. The maximum absolute atomic E-state index is 10.3. The van der Waals surface area contributed by atoms with Gasteiger partial charge in [0.25, 0.3) is 5.91 Å². The zero-order valence-corrected chi connectivity index (χ0v) is 5.48. The summed E-state index contributed by atoms with van der Waals surface area (Å²) in [4.78, 5) is 10.3. The van der Waals surface area contributed by atoms with Gasteiger partial charge in [-0.05, 0) is 6.08 Å². The highest BCUT2D eigenvalue weighted by atomic mass is 35.5. The molecule has 0 radical (unpaired) electrons. The van der Waals surface area contributed by atoms with Crippen molar-refractivity contribution in [1.82, 2.24) is 5.43 Å². The van der Waals surface area contributed by atoms with Gasteiger partial charge in [-0.15, -0.1) is 0 Å². The Morgan fingerprint density at radius 3 is 2.56 bits per heavy atom. The van der Waals surface area contributed by atoms with Gasteiger partial charge in [-0.1, -0.05) is 18.2 Å². The average molecular weight is 147 g/mol. The highest BCUT2D eigenvalue weighted by molar-refractivity contribution is 6.31. The third-order valence-electron chi connectivity index (χ3n) is 0.558. The SMILES string of the molecule is C=C(Cl)/C=C\C(=O)NN. The summed E-state index contributed by atoms with van der Waals surface area (Å²) in [6.45, 7) is 3.32. The van der Waals surface area contributed by atoms with Crippen molar-refractivity contribution in [3.63, 3.8) is 0 Å². The van der Waals surface area contributed by atoms with E-state index in [0.717, 1.165) is 0 Å². The van der Waals surface area contributed by atoms with Crippen molar-refractivity contribution in [2.75, 3.05) is 0 Å². The van der Waals surface area contributed by atoms with Crippen LogP contribution in [0.5, 0.6) is 0 Å². The van der Waals surface area contributed by atoms with Crippen molar-refractivity contribution in [2.24, 2.45) is 5.84 Å². The Bertz CT molecular complexity index is 153. The van der Waals surface area contributed by atoms with Gasteiger partial charge < -0.3 is 0 Å². The van der Waals surface area contributed by atoms with Crippen LogP contribution in [-0.2, 0) is 4.79 Å². The first-order chi connectivity index (χ1) is 4.16. The van der Waals surface area contributed by atoms with Gasteiger partial charge in [0.1, 0.15) is 0 Å². The third kappa shape index (κ3) is 5.06. The Kier molecular flexibility index (Phi) is 3.75. The highest BCUT2D eigenvalue weighted by Gasteiger charge is 1.86. The number of hydrogen-bond acceptors (Lipinski definition) is 2. The Hall–Kier alpha value is -0.800. The van der Waals surface area contributed by atoms with Crippen LogP contribution in [0.1, 0.15) is 0 Å². The molecule has 0 heterocycles. The lowest BCUT2D eigenvalue weighted by atomic mass is 10.5. The zero-order valence-electron chi connectivity index (χ0n) is 4.73. The molecule has 0 unspecified atom stereocenters. The predicted molar refractivity (Wildman–Crippen MR) is 36.5 cm³/mol. The summed E-state index contributed by atoms with van der Waals surface area (Å²) in [5.41, 5.74) is 1.89. The van der Waals surface area contributed by atoms with Gasteiger partial charge in [0.05, 0.1) is 0 Å². The van der Waals surface area contributed by atoms with Crippen molar-refractivity contribution in [2.45, 2.75) is 0 Å². The normalized spacial score (nSPS) is 9.56. The van der Waals surface area contributed by atoms with E-state index in [1.807, 2.05) is 5.43 Å². The molecule has 0 aliphatic rings. The van der Waals surface area contributed by atoms with Gasteiger partial charge in [-0.2, -0.15) is 0 Å². The van der Waals surface area contributed by atoms with E-state index in [-0.39, 0.29) is 0 Å². The van der Waals surface area contributed by atoms with Crippen LogP contribution < -0.4 is 11.3 Å². The second kappa shape index (κ2) is 4.12. The molecule has 0 saturated heterocycles. The number of amides is 1. The molecule has 0 aromatic heterocycles. The first kappa shape index (κ1) is 8.20. The van der Waals surface area contributed by atoms with Gasteiger partial charge in [0.15, 0.2) is 0 Å². The topological polar surface area (TPSA) is 55.1 Å². The summed E-state index contributed by atoms with van der Waals surface area (Å²) in [6.07, 6.45) is 2.54. The smallest absolute Gasteiger partial charge is 0.257 e. The summed E-state index contributed by atoms with van der Waals surface area (Å²) in [5.74, 6) is 4.33. The molecule has 0 aromatic rings. The minimum Gasteiger partial charge on any atom is -0.291 e. The van der Waals surface area contributed by atoms with E-state index in [9.17, 15) is 4.79 Å². The Balaban J connectivity index is 3.71. The van der Waals surface area contributed by atoms with Crippen LogP contribution in [0, 0.1) is 0 Å². The number of allylic oxidation sites excluding steroid dienone is 2. The number of carbonyl (C=O) groups excluding carboxylic acids is 1. The standard InChI is InChI=1S/C5H7ClN2O/c1-4(6)2-3-5(9)8-7/h2-3H,1,7H2,(H,8,9)/b3-2-. The fourth-order valence-electron chi connectivity index (χ4n) is 0.214. The molecule has 1 amide bonds. The second-order valence-electron chi connectivity index (χ2n) is 1.29. The molecule has 0 fully saturated rings. The lowest BCUT2D eigenvalue weighted by Crippen LogP contribution is -2.27. The fraction of sp³-hybridized carbons (Fsp3) is 0. The van der Waals surface area contributed by atoms with Gasteiger partial charge in [-0.25, -0.2) is 5.84 Å². The minimum absolute atomic E-state index is 0.290. The Morgan fingerprint density at radius 2 is 2.22 bits per heavy atom. The number of nitrogens with one attached hydrogen (secondary N) is 1. The van der Waals surface area contributed by atoms with Crippen LogP contribution >= 0.6 is 11.6 Å². The van der Waals surface area contributed by atoms with Crippen LogP contribution in [-0.4, -0.2) is 5.91 Å². The van der Waals surface area contributed by atoms with E-state index < -0.39 is 5.91 Å². The maximum atomic E-state index is 10.3. The molecule has 0 saturated carbocycles. The first-order valence-corrected chi connectivity index (χ1v) is 2.57. The van der Waals surface area contributed by atoms with Gasteiger partial charge in [0.2, 0.25) is 0 Å². The maximum Gasteiger partial charge on any atom is 0.257 e. The third-order valence-corrected chi connectivity index (χ3v) is 0.684. The summed E-state index contributed by atoms with van der Waals surface area (Å²) >= 11 is 5.28. The van der Waals surface area contributed by atoms with Crippen molar-refractivity contribution >= 4 is 17.5 Å². The molecule has 50 valence electrons. The van der Waals surface area contributed by atoms with E-state index >= 15 is 0 Å². The van der Waals surface area contributed by atoms with E-state index in [0.29, 0.717) is 5.03 Å². The highest BCUT2D eigenvalue weighted by Crippen LogP contribution is 1.96. The fourth-order valence-corrected chi connectivity index (χ4v) is 0.277. The molecular weight excluding hydrogens is 140 g/mol. The minimum atomic E-state index is -0.406. The molecule has 9 heavy (non-hydrogen) atoms. The number of rotatable bonds is 2. The average Bonchev–Trinajstić information content (AvgIpc) is 1.83. The quantitative estimate of drug-likeness (QED) is 0.193. The molecule has 0 aliphatic heterocycles. The van der Waals surface area contributed by atoms with Gasteiger partial charge in [-0.3, -0.25) is 10.2 Å². The molecule has 0 spiro atoms. The van der Waals surface area contributed by atoms with Gasteiger partial charge >= 0.3 is 0 Å². The molecule has 0 bridgehead atoms. The number of nitrogens with two attached hydrogens (primary N) is 1. The van der Waals surface area contributed by atoms with Crippen molar-refractivity contribution in [3.05, 3.63) is 23.8 Å². The van der Waals surface area contributed by atoms with Crippen LogP contribution in [0.25, 0.3) is 0 Å². The predicted octanol–water partition coefficient (Wildman–Crippen LogP) is 0.285. The van der Waals surface area contributed by atoms with E-state index in [2.05, 4.69) is 6.58 Å². The van der Waals surface area contributed by atoms with Crippen LogP contribution in [0.4, 0.5) is 0 Å². The van der Waals surface area contributed by atoms with Crippen molar-refractivity contribution in [3.8, 4) is 0 Å². The summed E-state index contributed by atoms with van der Waals surface area (Å²) in [5, 5.41) is 0.290. The second-order valence-corrected chi connectivity index (χ2v) is 1.77. The summed E-state index contributed by atoms with van der Waals surface area (Å²) in [7, 11) is 0. The van der Waals surface area contributed by atoms with Crippen LogP contribution in [0.15, 0.2) is 23.8 Å². The Labute approximate surface area is 58.1 Å². The zero-order chi connectivity index (χ0) is 7.28. The van der Waals surface area contributed by atoms with Crippen LogP contribution in [0.2, 0.25) is 0 Å². The monoisotopic (exact) mass is 146 g/mol. The molecule has 0 aliphatic carbocycles. The molecule has 4 heteroatoms. The van der Waals surface area contributed by atoms with E-state index in [1.165, 1.54) is 12.2 Å². The largest absolute Gasteiger partial charge is 0.291 e. The molecule has 0 rings (SSSR count). The molecule has 0 atom stereocenters. The van der Waals surface area contributed by atoms with E-state index in [4.69, 9.17) is 17.4 Å². The summed E-state index contributed by atoms with van der Waals surface area (Å²) < 4.78 is 0.